The lowest BCUT2D eigenvalue weighted by Gasteiger charge is -2.43. The zero-order valence-corrected chi connectivity index (χ0v) is 11.6. The van der Waals surface area contributed by atoms with Gasteiger partial charge in [0, 0.05) is 25.8 Å². The van der Waals surface area contributed by atoms with Crippen LogP contribution in [0, 0.1) is 0 Å². The molecule has 110 valence electrons. The van der Waals surface area contributed by atoms with Crippen molar-refractivity contribution in [3.05, 3.63) is 0 Å². The van der Waals surface area contributed by atoms with Gasteiger partial charge in [-0.05, 0) is 32.1 Å². The van der Waals surface area contributed by atoms with Crippen LogP contribution in [-0.2, 0) is 4.74 Å². The Morgan fingerprint density at radius 3 is 2.84 bits per heavy atom. The number of ether oxygens (including phenoxy) is 1. The van der Waals surface area contributed by atoms with Crippen molar-refractivity contribution in [3.8, 4) is 0 Å². The summed E-state index contributed by atoms with van der Waals surface area (Å²) >= 11 is 0. The molecule has 1 spiro atoms. The van der Waals surface area contributed by atoms with Crippen LogP contribution in [0.2, 0.25) is 0 Å². The molecule has 1 aliphatic carbocycles. The van der Waals surface area contributed by atoms with Gasteiger partial charge in [0.1, 0.15) is 0 Å². The molecule has 1 aliphatic heterocycles. The molecule has 3 N–H and O–H groups in total. The minimum absolute atomic E-state index is 0.0273. The van der Waals surface area contributed by atoms with E-state index in [0.29, 0.717) is 13.0 Å². The van der Waals surface area contributed by atoms with Crippen LogP contribution in [0.3, 0.4) is 0 Å². The summed E-state index contributed by atoms with van der Waals surface area (Å²) in [4.78, 5) is 11.7. The highest BCUT2D eigenvalue weighted by molar-refractivity contribution is 5.74. The van der Waals surface area contributed by atoms with Crippen LogP contribution in [-0.4, -0.2) is 42.5 Å². The normalized spacial score (nSPS) is 26.1. The van der Waals surface area contributed by atoms with Gasteiger partial charge in [-0.25, -0.2) is 4.79 Å². The van der Waals surface area contributed by atoms with Crippen molar-refractivity contribution in [3.63, 3.8) is 0 Å². The second-order valence-electron chi connectivity index (χ2n) is 5.76. The summed E-state index contributed by atoms with van der Waals surface area (Å²) < 4.78 is 6.01. The van der Waals surface area contributed by atoms with E-state index in [1.807, 2.05) is 0 Å². The highest BCUT2D eigenvalue weighted by Gasteiger charge is 2.38. The summed E-state index contributed by atoms with van der Waals surface area (Å²) in [6.07, 6.45) is 8.52. The predicted molar refractivity (Wildman–Crippen MR) is 73.0 cm³/mol. The van der Waals surface area contributed by atoms with E-state index in [1.165, 1.54) is 19.3 Å². The van der Waals surface area contributed by atoms with Crippen LogP contribution in [0.5, 0.6) is 0 Å². The summed E-state index contributed by atoms with van der Waals surface area (Å²) in [7, 11) is 0. The molecule has 2 aliphatic rings. The zero-order valence-electron chi connectivity index (χ0n) is 11.6. The van der Waals surface area contributed by atoms with E-state index >= 15 is 0 Å². The van der Waals surface area contributed by atoms with Gasteiger partial charge in [0.05, 0.1) is 5.60 Å². The van der Waals surface area contributed by atoms with E-state index in [2.05, 4.69) is 10.6 Å². The Morgan fingerprint density at radius 1 is 1.32 bits per heavy atom. The van der Waals surface area contributed by atoms with Crippen molar-refractivity contribution >= 4 is 6.03 Å². The first kappa shape index (κ1) is 14.6. The van der Waals surface area contributed by atoms with Gasteiger partial charge in [0.15, 0.2) is 0 Å². The van der Waals surface area contributed by atoms with Crippen molar-refractivity contribution in [2.75, 3.05) is 19.8 Å². The highest BCUT2D eigenvalue weighted by atomic mass is 16.5. The second kappa shape index (κ2) is 7.10. The lowest BCUT2D eigenvalue weighted by molar-refractivity contribution is -0.107. The number of aliphatic hydroxyl groups excluding tert-OH is 1. The standard InChI is InChI=1S/C14H26N2O3/c17-9-4-8-15-13(18)16-12-5-10-19-14(11-12)6-2-1-3-7-14/h12,17H,1-11H2,(H2,15,16,18). The van der Waals surface area contributed by atoms with E-state index < -0.39 is 0 Å². The number of nitrogens with one attached hydrogen (secondary N) is 2. The summed E-state index contributed by atoms with van der Waals surface area (Å²) in [5, 5.41) is 14.5. The monoisotopic (exact) mass is 270 g/mol. The lowest BCUT2D eigenvalue weighted by atomic mass is 9.78. The molecule has 0 aromatic carbocycles. The summed E-state index contributed by atoms with van der Waals surface area (Å²) in [5.41, 5.74) is 0.0273. The van der Waals surface area contributed by atoms with Crippen molar-refractivity contribution in [1.82, 2.24) is 10.6 Å². The molecule has 0 radical (unpaired) electrons. The second-order valence-corrected chi connectivity index (χ2v) is 5.76. The first-order valence-electron chi connectivity index (χ1n) is 7.53. The maximum Gasteiger partial charge on any atom is 0.315 e. The molecule has 0 bridgehead atoms. The molecular formula is C14H26N2O3. The van der Waals surface area contributed by atoms with Gasteiger partial charge < -0.3 is 20.5 Å². The first-order chi connectivity index (χ1) is 9.24. The van der Waals surface area contributed by atoms with Crippen molar-refractivity contribution < 1.29 is 14.6 Å². The Labute approximate surface area is 115 Å². The third-order valence-electron chi connectivity index (χ3n) is 4.21. The number of carbonyl (C=O) groups is 1. The third-order valence-corrected chi connectivity index (χ3v) is 4.21. The Hall–Kier alpha value is -0.810. The SMILES string of the molecule is O=C(NCCCO)NC1CCOC2(CCCCC2)C1. The number of amides is 2. The van der Waals surface area contributed by atoms with Crippen molar-refractivity contribution in [1.29, 1.82) is 0 Å². The average molecular weight is 270 g/mol. The Bertz CT molecular complexity index is 285. The number of aliphatic hydroxyl groups is 1. The Kier molecular flexibility index (Phi) is 5.45. The van der Waals surface area contributed by atoms with Crippen molar-refractivity contribution in [2.45, 2.75) is 63.0 Å². The number of rotatable bonds is 4. The molecule has 2 amide bonds. The van der Waals surface area contributed by atoms with E-state index in [0.717, 1.165) is 32.3 Å². The van der Waals surface area contributed by atoms with Gasteiger partial charge in [0.25, 0.3) is 0 Å². The first-order valence-corrected chi connectivity index (χ1v) is 7.53. The minimum atomic E-state index is -0.119. The molecule has 5 heteroatoms. The van der Waals surface area contributed by atoms with Gasteiger partial charge in [0.2, 0.25) is 0 Å². The third kappa shape index (κ3) is 4.35. The van der Waals surface area contributed by atoms with Crippen LogP contribution >= 0.6 is 0 Å². The molecule has 0 aromatic heterocycles. The molecule has 1 unspecified atom stereocenters. The zero-order chi connectivity index (χ0) is 13.6. The topological polar surface area (TPSA) is 70.6 Å². The van der Waals surface area contributed by atoms with Gasteiger partial charge in [-0.2, -0.15) is 0 Å². The smallest absolute Gasteiger partial charge is 0.315 e. The highest BCUT2D eigenvalue weighted by Crippen LogP contribution is 2.38. The minimum Gasteiger partial charge on any atom is -0.396 e. The predicted octanol–water partition coefficient (Wildman–Crippen LogP) is 1.55. The molecule has 1 saturated carbocycles. The average Bonchev–Trinajstić information content (AvgIpc) is 2.40. The van der Waals surface area contributed by atoms with Gasteiger partial charge in [-0.1, -0.05) is 19.3 Å². The fourth-order valence-electron chi connectivity index (χ4n) is 3.21. The van der Waals surface area contributed by atoms with Gasteiger partial charge in [-0.3, -0.25) is 0 Å². The Morgan fingerprint density at radius 2 is 2.11 bits per heavy atom. The fraction of sp³-hybridized carbons (Fsp3) is 0.929. The number of hydrogen-bond acceptors (Lipinski definition) is 3. The molecule has 5 nitrogen and oxygen atoms in total. The molecule has 1 saturated heterocycles. The van der Waals surface area contributed by atoms with Crippen molar-refractivity contribution in [2.24, 2.45) is 0 Å². The number of carbonyl (C=O) groups excluding carboxylic acids is 1. The van der Waals surface area contributed by atoms with Gasteiger partial charge in [-0.15, -0.1) is 0 Å². The van der Waals surface area contributed by atoms with Crippen LogP contribution in [0.25, 0.3) is 0 Å². The lowest BCUT2D eigenvalue weighted by Crippen LogP contribution is -2.51. The van der Waals surface area contributed by atoms with E-state index in [-0.39, 0.29) is 24.3 Å². The summed E-state index contributed by atoms with van der Waals surface area (Å²) in [6, 6.07) is 0.104. The van der Waals surface area contributed by atoms with E-state index in [9.17, 15) is 4.79 Å². The van der Waals surface area contributed by atoms with Crippen LogP contribution in [0.1, 0.15) is 51.4 Å². The number of urea groups is 1. The summed E-state index contributed by atoms with van der Waals surface area (Å²) in [6.45, 7) is 1.39. The maximum atomic E-state index is 11.7. The largest absolute Gasteiger partial charge is 0.396 e. The summed E-state index contributed by atoms with van der Waals surface area (Å²) in [5.74, 6) is 0. The Balaban J connectivity index is 1.75. The molecule has 2 fully saturated rings. The molecular weight excluding hydrogens is 244 g/mol. The molecule has 19 heavy (non-hydrogen) atoms. The van der Waals surface area contributed by atoms with Crippen LogP contribution in [0.15, 0.2) is 0 Å². The van der Waals surface area contributed by atoms with E-state index in [4.69, 9.17) is 9.84 Å². The maximum absolute atomic E-state index is 11.7. The fourth-order valence-corrected chi connectivity index (χ4v) is 3.21. The molecule has 0 aromatic rings. The molecule has 1 atom stereocenters. The van der Waals surface area contributed by atoms with E-state index in [1.54, 1.807) is 0 Å². The van der Waals surface area contributed by atoms with Crippen LogP contribution < -0.4 is 10.6 Å². The molecule has 1 heterocycles. The van der Waals surface area contributed by atoms with Gasteiger partial charge >= 0.3 is 6.03 Å². The van der Waals surface area contributed by atoms with Crippen LogP contribution in [0.4, 0.5) is 4.79 Å². The number of hydrogen-bond donors (Lipinski definition) is 3. The quantitative estimate of drug-likeness (QED) is 0.679. The molecule has 2 rings (SSSR count).